The maximum Gasteiger partial charge on any atom is 0.277 e. The standard InChI is InChI=1S/C19H19N3O4/c1-11(23)20-19(26-2)17-18(25)21-14-9-5-3-7-12(14)16(22-17)13-8-4-6-10-15(13)24/h3-10,16,22,24H,1-2H3,(H,20,23)(H,21,25)/b19-17+. The Hall–Kier alpha value is -3.48. The van der Waals surface area contributed by atoms with Gasteiger partial charge in [-0.05, 0) is 12.1 Å². The maximum absolute atomic E-state index is 12.7. The second-order valence-electron chi connectivity index (χ2n) is 5.77. The van der Waals surface area contributed by atoms with Crippen molar-refractivity contribution < 1.29 is 19.4 Å². The normalized spacial score (nSPS) is 17.9. The number of benzene rings is 2. The van der Waals surface area contributed by atoms with Crippen molar-refractivity contribution in [3.63, 3.8) is 0 Å². The fourth-order valence-electron chi connectivity index (χ4n) is 2.86. The molecule has 2 aromatic rings. The summed E-state index contributed by atoms with van der Waals surface area (Å²) in [5, 5.41) is 18.7. The molecule has 0 aromatic heterocycles. The Kier molecular flexibility index (Phi) is 4.79. The van der Waals surface area contributed by atoms with Gasteiger partial charge in [-0.3, -0.25) is 14.9 Å². The summed E-state index contributed by atoms with van der Waals surface area (Å²) in [6, 6.07) is 13.6. The fraction of sp³-hybridized carbons (Fsp3) is 0.158. The number of para-hydroxylation sites is 2. The van der Waals surface area contributed by atoms with Crippen molar-refractivity contribution in [1.29, 1.82) is 0 Å². The Morgan fingerprint density at radius 1 is 1.12 bits per heavy atom. The van der Waals surface area contributed by atoms with Crippen LogP contribution in [-0.2, 0) is 14.3 Å². The van der Waals surface area contributed by atoms with E-state index in [2.05, 4.69) is 16.0 Å². The number of nitrogens with one attached hydrogen (secondary N) is 3. The van der Waals surface area contributed by atoms with Gasteiger partial charge in [0.2, 0.25) is 11.8 Å². The second kappa shape index (κ2) is 7.18. The molecular weight excluding hydrogens is 334 g/mol. The first-order valence-electron chi connectivity index (χ1n) is 8.01. The topological polar surface area (TPSA) is 99.7 Å². The van der Waals surface area contributed by atoms with Crippen LogP contribution in [0, 0.1) is 0 Å². The fourth-order valence-corrected chi connectivity index (χ4v) is 2.86. The third-order valence-corrected chi connectivity index (χ3v) is 4.00. The minimum absolute atomic E-state index is 0.00299. The molecule has 1 aliphatic rings. The number of anilines is 1. The van der Waals surface area contributed by atoms with E-state index in [0.717, 1.165) is 5.56 Å². The molecule has 26 heavy (non-hydrogen) atoms. The Balaban J connectivity index is 2.17. The molecule has 1 aliphatic heterocycles. The molecular formula is C19H19N3O4. The number of carbonyl (C=O) groups is 2. The zero-order valence-electron chi connectivity index (χ0n) is 14.4. The average molecular weight is 353 g/mol. The van der Waals surface area contributed by atoms with E-state index in [1.54, 1.807) is 36.4 Å². The lowest BCUT2D eigenvalue weighted by Crippen LogP contribution is -2.33. The number of hydrogen-bond donors (Lipinski definition) is 4. The van der Waals surface area contributed by atoms with Crippen molar-refractivity contribution in [3.8, 4) is 5.75 Å². The monoisotopic (exact) mass is 353 g/mol. The number of ether oxygens (including phenoxy) is 1. The molecule has 0 saturated heterocycles. The van der Waals surface area contributed by atoms with Crippen LogP contribution < -0.4 is 16.0 Å². The lowest BCUT2D eigenvalue weighted by Gasteiger charge is -2.22. The number of rotatable bonds is 3. The van der Waals surface area contributed by atoms with Crippen molar-refractivity contribution in [2.75, 3.05) is 12.4 Å². The average Bonchev–Trinajstić information content (AvgIpc) is 2.76. The van der Waals surface area contributed by atoms with Gasteiger partial charge in [0.1, 0.15) is 5.75 Å². The van der Waals surface area contributed by atoms with E-state index < -0.39 is 11.9 Å². The van der Waals surface area contributed by atoms with Crippen LogP contribution in [0.25, 0.3) is 0 Å². The zero-order chi connectivity index (χ0) is 18.7. The Morgan fingerprint density at radius 3 is 2.42 bits per heavy atom. The van der Waals surface area contributed by atoms with Crippen LogP contribution in [-0.4, -0.2) is 24.0 Å². The maximum atomic E-state index is 12.7. The number of aromatic hydroxyl groups is 1. The predicted octanol–water partition coefficient (Wildman–Crippen LogP) is 1.97. The Labute approximate surface area is 150 Å². The highest BCUT2D eigenvalue weighted by Crippen LogP contribution is 2.36. The summed E-state index contributed by atoms with van der Waals surface area (Å²) in [7, 11) is 1.36. The Morgan fingerprint density at radius 2 is 1.77 bits per heavy atom. The van der Waals surface area contributed by atoms with E-state index in [0.29, 0.717) is 11.3 Å². The molecule has 1 unspecified atom stereocenters. The molecule has 2 amide bonds. The summed E-state index contributed by atoms with van der Waals surface area (Å²) in [5.41, 5.74) is 2.03. The summed E-state index contributed by atoms with van der Waals surface area (Å²) in [4.78, 5) is 24.1. The van der Waals surface area contributed by atoms with Gasteiger partial charge in [0.05, 0.1) is 13.2 Å². The minimum Gasteiger partial charge on any atom is -0.508 e. The minimum atomic E-state index is -0.528. The molecule has 4 N–H and O–H groups in total. The third-order valence-electron chi connectivity index (χ3n) is 4.00. The number of amides is 2. The summed E-state index contributed by atoms with van der Waals surface area (Å²) in [6.07, 6.45) is 0. The SMILES string of the molecule is CO/C(NC(C)=O)=C1/NC(c2ccccc2O)c2ccccc2NC1=O. The van der Waals surface area contributed by atoms with Gasteiger partial charge < -0.3 is 20.5 Å². The largest absolute Gasteiger partial charge is 0.508 e. The first kappa shape index (κ1) is 17.3. The molecule has 3 rings (SSSR count). The predicted molar refractivity (Wildman–Crippen MR) is 96.0 cm³/mol. The van der Waals surface area contributed by atoms with Crippen LogP contribution >= 0.6 is 0 Å². The molecule has 134 valence electrons. The molecule has 7 heteroatoms. The number of phenols is 1. The highest BCUT2D eigenvalue weighted by Gasteiger charge is 2.30. The lowest BCUT2D eigenvalue weighted by atomic mass is 9.96. The molecule has 0 fully saturated rings. The molecule has 7 nitrogen and oxygen atoms in total. The van der Waals surface area contributed by atoms with Gasteiger partial charge in [0.15, 0.2) is 5.70 Å². The van der Waals surface area contributed by atoms with Gasteiger partial charge in [-0.1, -0.05) is 36.4 Å². The number of methoxy groups -OCH3 is 1. The van der Waals surface area contributed by atoms with Gasteiger partial charge >= 0.3 is 0 Å². The third kappa shape index (κ3) is 3.32. The van der Waals surface area contributed by atoms with Crippen LogP contribution in [0.4, 0.5) is 5.69 Å². The van der Waals surface area contributed by atoms with Crippen molar-refractivity contribution in [3.05, 3.63) is 71.2 Å². The van der Waals surface area contributed by atoms with Crippen LogP contribution in [0.1, 0.15) is 24.1 Å². The highest BCUT2D eigenvalue weighted by atomic mass is 16.5. The van der Waals surface area contributed by atoms with Crippen molar-refractivity contribution in [2.45, 2.75) is 13.0 Å². The molecule has 2 aromatic carbocycles. The van der Waals surface area contributed by atoms with Gasteiger partial charge in [-0.15, -0.1) is 0 Å². The number of carbonyl (C=O) groups excluding carboxylic acids is 2. The summed E-state index contributed by atoms with van der Waals surface area (Å²) >= 11 is 0. The van der Waals surface area contributed by atoms with E-state index in [-0.39, 0.29) is 23.2 Å². The van der Waals surface area contributed by atoms with E-state index in [1.807, 2.05) is 12.1 Å². The van der Waals surface area contributed by atoms with Crippen molar-refractivity contribution in [2.24, 2.45) is 0 Å². The Bertz CT molecular complexity index is 892. The first-order valence-corrected chi connectivity index (χ1v) is 8.01. The lowest BCUT2D eigenvalue weighted by molar-refractivity contribution is -0.119. The van der Waals surface area contributed by atoms with Gasteiger partial charge in [0.25, 0.3) is 5.91 Å². The molecule has 0 aliphatic carbocycles. The molecule has 0 saturated carbocycles. The molecule has 0 spiro atoms. The van der Waals surface area contributed by atoms with E-state index in [1.165, 1.54) is 14.0 Å². The van der Waals surface area contributed by atoms with Crippen molar-refractivity contribution >= 4 is 17.5 Å². The summed E-state index contributed by atoms with van der Waals surface area (Å²) < 4.78 is 5.20. The summed E-state index contributed by atoms with van der Waals surface area (Å²) in [6.45, 7) is 1.32. The van der Waals surface area contributed by atoms with Crippen LogP contribution in [0.5, 0.6) is 5.75 Å². The van der Waals surface area contributed by atoms with Gasteiger partial charge in [-0.2, -0.15) is 0 Å². The quantitative estimate of drug-likeness (QED) is 0.499. The number of phenolic OH excluding ortho intramolecular Hbond substituents is 1. The molecule has 1 atom stereocenters. The van der Waals surface area contributed by atoms with E-state index in [4.69, 9.17) is 4.74 Å². The summed E-state index contributed by atoms with van der Waals surface area (Å²) in [5.74, 6) is -0.735. The molecule has 0 radical (unpaired) electrons. The first-order chi connectivity index (χ1) is 12.5. The zero-order valence-corrected chi connectivity index (χ0v) is 14.4. The molecule has 0 bridgehead atoms. The van der Waals surface area contributed by atoms with Gasteiger partial charge in [0, 0.05) is 23.7 Å². The van der Waals surface area contributed by atoms with Gasteiger partial charge in [-0.25, -0.2) is 0 Å². The van der Waals surface area contributed by atoms with Crippen LogP contribution in [0.15, 0.2) is 60.1 Å². The van der Waals surface area contributed by atoms with Crippen molar-refractivity contribution in [1.82, 2.24) is 10.6 Å². The smallest absolute Gasteiger partial charge is 0.277 e. The van der Waals surface area contributed by atoms with Crippen LogP contribution in [0.2, 0.25) is 0 Å². The number of hydrogen-bond acceptors (Lipinski definition) is 5. The van der Waals surface area contributed by atoms with E-state index >= 15 is 0 Å². The highest BCUT2D eigenvalue weighted by molar-refractivity contribution is 6.05. The van der Waals surface area contributed by atoms with Crippen LogP contribution in [0.3, 0.4) is 0 Å². The number of fused-ring (bicyclic) bond motifs is 1. The molecule has 1 heterocycles. The second-order valence-corrected chi connectivity index (χ2v) is 5.77. The van der Waals surface area contributed by atoms with E-state index in [9.17, 15) is 14.7 Å².